The van der Waals surface area contributed by atoms with Crippen LogP contribution in [0.5, 0.6) is 0 Å². The van der Waals surface area contributed by atoms with Gasteiger partial charge in [-0.3, -0.25) is 9.36 Å². The van der Waals surface area contributed by atoms with Crippen molar-refractivity contribution in [1.82, 2.24) is 23.8 Å². The number of imidazole rings is 1. The lowest BCUT2D eigenvalue weighted by atomic mass is 9.85. The smallest absolute Gasteiger partial charge is 0.243 e. The van der Waals surface area contributed by atoms with E-state index in [1.807, 2.05) is 6.92 Å². The summed E-state index contributed by atoms with van der Waals surface area (Å²) >= 11 is 5.82. The number of halogens is 3. The fraction of sp³-hybridized carbons (Fsp3) is 0.400. The van der Waals surface area contributed by atoms with Gasteiger partial charge >= 0.3 is 0 Å². The largest absolute Gasteiger partial charge is 0.369 e. The van der Waals surface area contributed by atoms with Crippen molar-refractivity contribution in [1.29, 1.82) is 0 Å². The SMILES string of the molecule is Cc1ccc(S(=O)(=O)N2CCC[C@@H](Nc3ncc4nc(Nc5c(F)cc(Cl)cc5F)n([C@H]5CC[C@@H](C(N)=O)CC5)c4n3)C2)cc1. The molecule has 0 spiro atoms. The first-order valence-electron chi connectivity index (χ1n) is 14.8. The number of rotatable bonds is 8. The Morgan fingerprint density at radius 2 is 1.73 bits per heavy atom. The summed E-state index contributed by atoms with van der Waals surface area (Å²) in [4.78, 5) is 25.8. The molecule has 11 nitrogen and oxygen atoms in total. The van der Waals surface area contributed by atoms with E-state index in [0.717, 1.165) is 17.7 Å². The molecule has 1 saturated carbocycles. The van der Waals surface area contributed by atoms with Crippen LogP contribution in [-0.4, -0.2) is 57.3 Å². The highest BCUT2D eigenvalue weighted by atomic mass is 35.5. The van der Waals surface area contributed by atoms with Gasteiger partial charge in [0, 0.05) is 36.1 Å². The first-order valence-corrected chi connectivity index (χ1v) is 16.6. The van der Waals surface area contributed by atoms with Crippen LogP contribution in [0.3, 0.4) is 0 Å². The molecule has 0 unspecified atom stereocenters. The summed E-state index contributed by atoms with van der Waals surface area (Å²) in [5.74, 6) is -1.95. The van der Waals surface area contributed by atoms with Crippen LogP contribution in [0.15, 0.2) is 47.5 Å². The van der Waals surface area contributed by atoms with Gasteiger partial charge in [-0.05, 0) is 69.7 Å². The molecule has 1 atom stereocenters. The summed E-state index contributed by atoms with van der Waals surface area (Å²) < 4.78 is 59.5. The third-order valence-electron chi connectivity index (χ3n) is 8.52. The number of nitrogens with zero attached hydrogens (tertiary/aromatic N) is 5. The van der Waals surface area contributed by atoms with Crippen LogP contribution >= 0.6 is 11.6 Å². The highest BCUT2D eigenvalue weighted by Gasteiger charge is 2.32. The number of anilines is 3. The Morgan fingerprint density at radius 1 is 1.04 bits per heavy atom. The lowest BCUT2D eigenvalue weighted by Gasteiger charge is -2.32. The number of carbonyl (C=O) groups excluding carboxylic acids is 1. The molecular weight excluding hydrogens is 626 g/mol. The fourth-order valence-electron chi connectivity index (χ4n) is 6.11. The van der Waals surface area contributed by atoms with Crippen LogP contribution in [0.4, 0.5) is 26.4 Å². The van der Waals surface area contributed by atoms with Gasteiger partial charge in [-0.15, -0.1) is 0 Å². The monoisotopic (exact) mass is 658 g/mol. The van der Waals surface area contributed by atoms with E-state index in [2.05, 4.69) is 20.6 Å². The number of hydrogen-bond acceptors (Lipinski definition) is 8. The van der Waals surface area contributed by atoms with E-state index in [-0.39, 0.29) is 52.3 Å². The minimum Gasteiger partial charge on any atom is -0.369 e. The van der Waals surface area contributed by atoms with E-state index in [0.29, 0.717) is 56.2 Å². The minimum atomic E-state index is -3.68. The summed E-state index contributed by atoms with van der Waals surface area (Å²) in [6, 6.07) is 8.34. The van der Waals surface area contributed by atoms with Gasteiger partial charge < -0.3 is 16.4 Å². The number of piperidine rings is 1. The topological polar surface area (TPSA) is 148 Å². The summed E-state index contributed by atoms with van der Waals surface area (Å²) in [6.07, 6.45) is 5.11. The second-order valence-electron chi connectivity index (χ2n) is 11.6. The maximum absolute atomic E-state index is 14.8. The molecule has 238 valence electrons. The Kier molecular flexibility index (Phi) is 8.63. The number of carbonyl (C=O) groups is 1. The third-order valence-corrected chi connectivity index (χ3v) is 10.6. The van der Waals surface area contributed by atoms with E-state index in [1.54, 1.807) is 28.8 Å². The van der Waals surface area contributed by atoms with Crippen LogP contribution in [0.2, 0.25) is 5.02 Å². The van der Waals surface area contributed by atoms with E-state index >= 15 is 0 Å². The molecule has 45 heavy (non-hydrogen) atoms. The molecule has 4 aromatic rings. The third kappa shape index (κ3) is 6.44. The van der Waals surface area contributed by atoms with Crippen molar-refractivity contribution < 1.29 is 22.0 Å². The van der Waals surface area contributed by atoms with Gasteiger partial charge in [0.15, 0.2) is 17.3 Å². The number of hydrogen-bond donors (Lipinski definition) is 3. The molecule has 3 heterocycles. The van der Waals surface area contributed by atoms with Crippen LogP contribution in [-0.2, 0) is 14.8 Å². The van der Waals surface area contributed by atoms with Gasteiger partial charge in [0.1, 0.15) is 11.2 Å². The summed E-state index contributed by atoms with van der Waals surface area (Å²) in [5, 5.41) is 5.99. The Hall–Kier alpha value is -3.88. The number of fused-ring (bicyclic) bond motifs is 1. The van der Waals surface area contributed by atoms with Crippen LogP contribution in [0.25, 0.3) is 11.2 Å². The average molecular weight is 659 g/mol. The average Bonchev–Trinajstić information content (AvgIpc) is 3.36. The summed E-state index contributed by atoms with van der Waals surface area (Å²) in [6.45, 7) is 2.54. The molecule has 1 aliphatic carbocycles. The second kappa shape index (κ2) is 12.5. The molecule has 4 N–H and O–H groups in total. The molecule has 2 aromatic heterocycles. The molecule has 1 amide bonds. The molecule has 2 aromatic carbocycles. The quantitative estimate of drug-likeness (QED) is 0.231. The van der Waals surface area contributed by atoms with Crippen molar-refractivity contribution in [3.05, 3.63) is 64.8 Å². The molecule has 0 radical (unpaired) electrons. The van der Waals surface area contributed by atoms with E-state index in [1.165, 1.54) is 10.5 Å². The van der Waals surface area contributed by atoms with Crippen LogP contribution < -0.4 is 16.4 Å². The van der Waals surface area contributed by atoms with Gasteiger partial charge in [0.05, 0.1) is 11.1 Å². The van der Waals surface area contributed by atoms with Crippen LogP contribution in [0.1, 0.15) is 50.1 Å². The van der Waals surface area contributed by atoms with Gasteiger partial charge in [0.2, 0.25) is 27.8 Å². The van der Waals surface area contributed by atoms with E-state index in [9.17, 15) is 22.0 Å². The maximum atomic E-state index is 14.8. The second-order valence-corrected chi connectivity index (χ2v) is 14.0. The zero-order valence-corrected chi connectivity index (χ0v) is 26.1. The molecule has 2 fully saturated rings. The molecule has 1 aliphatic heterocycles. The Labute approximate surface area is 264 Å². The van der Waals surface area contributed by atoms with Crippen molar-refractivity contribution in [2.45, 2.75) is 62.4 Å². The van der Waals surface area contributed by atoms with Crippen molar-refractivity contribution in [2.24, 2.45) is 11.7 Å². The number of benzene rings is 2. The molecule has 15 heteroatoms. The van der Waals surface area contributed by atoms with Crippen LogP contribution in [0, 0.1) is 24.5 Å². The number of nitrogens with two attached hydrogens (primary N) is 1. The minimum absolute atomic E-state index is 0.0802. The molecule has 6 rings (SSSR count). The predicted molar refractivity (Wildman–Crippen MR) is 167 cm³/mol. The molecule has 2 aliphatic rings. The molecular formula is C30H33ClF2N8O3S. The van der Waals surface area contributed by atoms with Gasteiger partial charge in [-0.25, -0.2) is 27.2 Å². The number of aromatic nitrogens is 4. The fourth-order valence-corrected chi connectivity index (χ4v) is 7.82. The van der Waals surface area contributed by atoms with Crippen molar-refractivity contribution in [3.8, 4) is 0 Å². The highest BCUT2D eigenvalue weighted by Crippen LogP contribution is 2.38. The Balaban J connectivity index is 1.30. The zero-order valence-electron chi connectivity index (χ0n) is 24.5. The van der Waals surface area contributed by atoms with Crippen molar-refractivity contribution >= 4 is 56.3 Å². The van der Waals surface area contributed by atoms with E-state index < -0.39 is 27.3 Å². The Bertz CT molecular complexity index is 1820. The normalized spacial score (nSPS) is 21.1. The van der Waals surface area contributed by atoms with Gasteiger partial charge in [-0.1, -0.05) is 29.3 Å². The standard InChI is InChI=1S/C30H33ClF2N8O3S/c1-17-4-10-22(11-5-17)45(43,44)40-12-2-3-20(16-40)36-29-35-15-25-28(39-29)41(21-8-6-18(7-9-21)27(34)42)30(37-25)38-26-23(32)13-19(31)14-24(26)33/h4-5,10-11,13-15,18,20-21H,2-3,6-9,12,16H2,1H3,(H2,34,42)(H,37,38)(H,35,36,39)/t18-,20-,21+/m1/s1. The van der Waals surface area contributed by atoms with E-state index in [4.69, 9.17) is 22.3 Å². The first kappa shape index (κ1) is 31.1. The lowest BCUT2D eigenvalue weighted by molar-refractivity contribution is -0.122. The van der Waals surface area contributed by atoms with Gasteiger partial charge in [-0.2, -0.15) is 9.29 Å². The predicted octanol–water partition coefficient (Wildman–Crippen LogP) is 5.29. The van der Waals surface area contributed by atoms with Crippen molar-refractivity contribution in [2.75, 3.05) is 23.7 Å². The zero-order chi connectivity index (χ0) is 31.9. The number of primary amides is 1. The highest BCUT2D eigenvalue weighted by molar-refractivity contribution is 7.89. The first-order chi connectivity index (χ1) is 21.5. The number of aryl methyl sites for hydroxylation is 1. The Morgan fingerprint density at radius 3 is 2.40 bits per heavy atom. The van der Waals surface area contributed by atoms with Gasteiger partial charge in [0.25, 0.3) is 0 Å². The summed E-state index contributed by atoms with van der Waals surface area (Å²) in [7, 11) is -3.68. The number of amides is 1. The maximum Gasteiger partial charge on any atom is 0.243 e. The molecule has 1 saturated heterocycles. The summed E-state index contributed by atoms with van der Waals surface area (Å²) in [5.41, 5.74) is 6.93. The number of nitrogens with one attached hydrogen (secondary N) is 2. The molecule has 0 bridgehead atoms. The number of sulfonamides is 1. The van der Waals surface area contributed by atoms with Crippen molar-refractivity contribution in [3.63, 3.8) is 0 Å². The lowest BCUT2D eigenvalue weighted by Crippen LogP contribution is -2.45.